The number of nitrogens with one attached hydrogen (secondary N) is 1. The van der Waals surface area contributed by atoms with E-state index in [2.05, 4.69) is 25.6 Å². The molecule has 2 aromatic carbocycles. The number of nitrogens with zero attached hydrogens (tertiary/aromatic N) is 6. The highest BCUT2D eigenvalue weighted by molar-refractivity contribution is 5.91. The first-order chi connectivity index (χ1) is 16.8. The molecule has 12 heteroatoms. The van der Waals surface area contributed by atoms with Gasteiger partial charge in [0.15, 0.2) is 11.5 Å². The number of carbonyl (C=O) groups is 1. The number of methoxy groups -OCH3 is 1. The number of nitro benzene ring substituents is 1. The van der Waals surface area contributed by atoms with E-state index in [0.717, 1.165) is 17.0 Å². The van der Waals surface area contributed by atoms with Crippen molar-refractivity contribution in [2.24, 2.45) is 5.10 Å². The number of aromatic nitrogens is 4. The first-order valence-electron chi connectivity index (χ1n) is 10.4. The third-order valence-corrected chi connectivity index (χ3v) is 4.93. The summed E-state index contributed by atoms with van der Waals surface area (Å²) >= 11 is 0. The Morgan fingerprint density at radius 2 is 1.91 bits per heavy atom. The summed E-state index contributed by atoms with van der Waals surface area (Å²) < 4.78 is 12.7. The lowest BCUT2D eigenvalue weighted by molar-refractivity contribution is -0.384. The van der Waals surface area contributed by atoms with Gasteiger partial charge in [-0.05, 0) is 61.4 Å². The highest BCUT2D eigenvalue weighted by Crippen LogP contribution is 2.28. The molecule has 0 aliphatic rings. The zero-order chi connectivity index (χ0) is 24.9. The van der Waals surface area contributed by atoms with Crippen molar-refractivity contribution in [3.8, 4) is 11.5 Å². The van der Waals surface area contributed by atoms with Crippen LogP contribution in [0.2, 0.25) is 0 Å². The van der Waals surface area contributed by atoms with Crippen molar-refractivity contribution < 1.29 is 19.2 Å². The Bertz CT molecular complexity index is 1430. The van der Waals surface area contributed by atoms with Crippen LogP contribution >= 0.6 is 0 Å². The predicted octanol–water partition coefficient (Wildman–Crippen LogP) is 3.00. The topological polar surface area (TPSA) is 146 Å². The van der Waals surface area contributed by atoms with Crippen LogP contribution in [0.4, 0.5) is 5.69 Å². The minimum Gasteiger partial charge on any atom is -0.493 e. The minimum atomic E-state index is -0.577. The van der Waals surface area contributed by atoms with E-state index in [1.54, 1.807) is 30.3 Å². The van der Waals surface area contributed by atoms with Crippen molar-refractivity contribution in [1.82, 2.24) is 25.0 Å². The molecular formula is C23H21N7O5. The number of non-ortho nitro benzene ring substituents is 1. The third kappa shape index (κ3) is 5.38. The van der Waals surface area contributed by atoms with Crippen LogP contribution in [0.5, 0.6) is 11.5 Å². The van der Waals surface area contributed by atoms with E-state index in [1.807, 2.05) is 19.9 Å². The van der Waals surface area contributed by atoms with Crippen LogP contribution in [-0.2, 0) is 6.61 Å². The van der Waals surface area contributed by atoms with Crippen LogP contribution in [0.25, 0.3) is 5.78 Å². The number of hydrogen-bond donors (Lipinski definition) is 1. The summed E-state index contributed by atoms with van der Waals surface area (Å²) in [6.45, 7) is 3.86. The van der Waals surface area contributed by atoms with Crippen molar-refractivity contribution in [1.29, 1.82) is 0 Å². The largest absolute Gasteiger partial charge is 0.493 e. The lowest BCUT2D eigenvalue weighted by atomic mass is 10.2. The maximum absolute atomic E-state index is 12.4. The van der Waals surface area contributed by atoms with E-state index in [-0.39, 0.29) is 18.1 Å². The van der Waals surface area contributed by atoms with Crippen LogP contribution in [0.1, 0.15) is 33.1 Å². The molecule has 12 nitrogen and oxygen atoms in total. The highest BCUT2D eigenvalue weighted by atomic mass is 16.6. The maximum atomic E-state index is 12.4. The molecule has 0 spiro atoms. The van der Waals surface area contributed by atoms with E-state index >= 15 is 0 Å². The number of rotatable bonds is 8. The van der Waals surface area contributed by atoms with Crippen LogP contribution in [0.15, 0.2) is 53.6 Å². The minimum absolute atomic E-state index is 0.00643. The lowest BCUT2D eigenvalue weighted by Crippen LogP contribution is -2.19. The van der Waals surface area contributed by atoms with Gasteiger partial charge in [0.1, 0.15) is 6.61 Å². The average molecular weight is 475 g/mol. The van der Waals surface area contributed by atoms with E-state index in [1.165, 1.54) is 30.0 Å². The standard InChI is InChI=1S/C23H21N7O5/c1-14-10-15(2)29-23(25-14)26-21(28-29)22(31)27-24-12-17-6-9-19(34-3)20(11-17)35-13-16-4-7-18(8-5-16)30(32)33/h4-12H,13H2,1-3H3,(H,27,31). The molecule has 0 saturated heterocycles. The summed E-state index contributed by atoms with van der Waals surface area (Å²) in [6, 6.07) is 13.1. The Balaban J connectivity index is 1.43. The van der Waals surface area contributed by atoms with Gasteiger partial charge in [0.2, 0.25) is 5.82 Å². The molecule has 0 atom stereocenters. The third-order valence-electron chi connectivity index (χ3n) is 4.93. The molecule has 0 saturated carbocycles. The van der Waals surface area contributed by atoms with Crippen LogP contribution in [-0.4, -0.2) is 43.7 Å². The Morgan fingerprint density at radius 3 is 2.63 bits per heavy atom. The van der Waals surface area contributed by atoms with Gasteiger partial charge in [0, 0.05) is 23.5 Å². The Morgan fingerprint density at radius 1 is 1.14 bits per heavy atom. The second kappa shape index (κ2) is 9.95. The van der Waals surface area contributed by atoms with Gasteiger partial charge in [0.05, 0.1) is 18.2 Å². The van der Waals surface area contributed by atoms with Gasteiger partial charge in [-0.1, -0.05) is 0 Å². The number of hydrazone groups is 1. The number of ether oxygens (including phenoxy) is 2. The molecule has 0 unspecified atom stereocenters. The van der Waals surface area contributed by atoms with E-state index < -0.39 is 10.8 Å². The fraction of sp³-hybridized carbons (Fsp3) is 0.174. The Labute approximate surface area is 199 Å². The second-order valence-electron chi connectivity index (χ2n) is 7.51. The van der Waals surface area contributed by atoms with Crippen molar-refractivity contribution in [3.05, 3.63) is 87.0 Å². The summed E-state index contributed by atoms with van der Waals surface area (Å²) in [6.07, 6.45) is 1.44. The normalized spacial score (nSPS) is 11.1. The van der Waals surface area contributed by atoms with Gasteiger partial charge in [-0.3, -0.25) is 14.9 Å². The Hall–Kier alpha value is -4.87. The highest BCUT2D eigenvalue weighted by Gasteiger charge is 2.14. The first-order valence-corrected chi connectivity index (χ1v) is 10.4. The molecule has 4 aromatic rings. The van der Waals surface area contributed by atoms with Gasteiger partial charge in [0.25, 0.3) is 11.5 Å². The van der Waals surface area contributed by atoms with Gasteiger partial charge < -0.3 is 9.47 Å². The molecule has 4 rings (SSSR count). The molecular weight excluding hydrogens is 454 g/mol. The molecule has 35 heavy (non-hydrogen) atoms. The maximum Gasteiger partial charge on any atom is 0.311 e. The smallest absolute Gasteiger partial charge is 0.311 e. The fourth-order valence-corrected chi connectivity index (χ4v) is 3.24. The zero-order valence-corrected chi connectivity index (χ0v) is 19.1. The van der Waals surface area contributed by atoms with Crippen LogP contribution < -0.4 is 14.9 Å². The SMILES string of the molecule is COc1ccc(C=NNC(=O)c2nc3nc(C)cc(C)n3n2)cc1OCc1ccc([N+](=O)[O-])cc1. The molecule has 2 aromatic heterocycles. The second-order valence-corrected chi connectivity index (χ2v) is 7.51. The number of aryl methyl sites for hydroxylation is 2. The molecule has 178 valence electrons. The first kappa shape index (κ1) is 23.3. The van der Waals surface area contributed by atoms with Gasteiger partial charge in [-0.25, -0.2) is 14.9 Å². The quantitative estimate of drug-likeness (QED) is 0.232. The van der Waals surface area contributed by atoms with Crippen molar-refractivity contribution in [3.63, 3.8) is 0 Å². The number of benzene rings is 2. The molecule has 2 heterocycles. The molecule has 0 fully saturated rings. The van der Waals surface area contributed by atoms with E-state index in [9.17, 15) is 14.9 Å². The van der Waals surface area contributed by atoms with Crippen LogP contribution in [0.3, 0.4) is 0 Å². The summed E-state index contributed by atoms with van der Waals surface area (Å²) in [5.41, 5.74) is 5.38. The number of carbonyl (C=O) groups excluding carboxylic acids is 1. The fourth-order valence-electron chi connectivity index (χ4n) is 3.24. The van der Waals surface area contributed by atoms with Gasteiger partial charge in [-0.15, -0.1) is 5.10 Å². The lowest BCUT2D eigenvalue weighted by Gasteiger charge is -2.11. The summed E-state index contributed by atoms with van der Waals surface area (Å²) in [7, 11) is 1.52. The zero-order valence-electron chi connectivity index (χ0n) is 19.1. The predicted molar refractivity (Wildman–Crippen MR) is 126 cm³/mol. The number of nitro groups is 1. The summed E-state index contributed by atoms with van der Waals surface area (Å²) in [4.78, 5) is 31.2. The molecule has 1 N–H and O–H groups in total. The monoisotopic (exact) mass is 475 g/mol. The number of hydrogen-bond acceptors (Lipinski definition) is 9. The van der Waals surface area contributed by atoms with Crippen molar-refractivity contribution in [2.45, 2.75) is 20.5 Å². The average Bonchev–Trinajstić information content (AvgIpc) is 3.27. The Kier molecular flexibility index (Phi) is 6.62. The number of amides is 1. The van der Waals surface area contributed by atoms with Crippen molar-refractivity contribution in [2.75, 3.05) is 7.11 Å². The molecule has 1 amide bonds. The van der Waals surface area contributed by atoms with Crippen molar-refractivity contribution >= 4 is 23.6 Å². The molecule has 0 aliphatic carbocycles. The molecule has 0 radical (unpaired) electrons. The number of fused-ring (bicyclic) bond motifs is 1. The van der Waals surface area contributed by atoms with E-state index in [4.69, 9.17) is 9.47 Å². The van der Waals surface area contributed by atoms with Gasteiger partial charge in [-0.2, -0.15) is 10.1 Å². The molecule has 0 aliphatic heterocycles. The summed E-state index contributed by atoms with van der Waals surface area (Å²) in [5, 5.41) is 18.9. The van der Waals surface area contributed by atoms with E-state index in [0.29, 0.717) is 22.8 Å². The summed E-state index contributed by atoms with van der Waals surface area (Å²) in [5.74, 6) is 0.652. The van der Waals surface area contributed by atoms with Crippen LogP contribution in [0, 0.1) is 24.0 Å². The molecule has 0 bridgehead atoms. The van der Waals surface area contributed by atoms with Gasteiger partial charge >= 0.3 is 5.91 Å².